The molecule has 1 fully saturated rings. The van der Waals surface area contributed by atoms with E-state index in [9.17, 15) is 35.9 Å². The first kappa shape index (κ1) is 34.9. The number of amides is 2. The van der Waals surface area contributed by atoms with Crippen LogP contribution in [0.1, 0.15) is 18.9 Å². The second-order valence-corrected chi connectivity index (χ2v) is 8.10. The Balaban J connectivity index is 0.000000804. The van der Waals surface area contributed by atoms with Gasteiger partial charge in [0.25, 0.3) is 0 Å². The number of hydrogen-bond acceptors (Lipinski definition) is 6. The number of likely N-dealkylation sites (N-methyl/N-ethyl adjacent to an activating group) is 1. The first-order valence-electron chi connectivity index (χ1n) is 10.8. The Bertz CT molecular complexity index is 906. The van der Waals surface area contributed by atoms with Gasteiger partial charge in [-0.2, -0.15) is 26.3 Å². The number of nitrogens with two attached hydrogens (primary N) is 1. The van der Waals surface area contributed by atoms with E-state index in [1.165, 1.54) is 0 Å². The van der Waals surface area contributed by atoms with Crippen LogP contribution >= 0.6 is 11.6 Å². The van der Waals surface area contributed by atoms with Crippen molar-refractivity contribution in [2.45, 2.75) is 44.2 Å². The average Bonchev–Trinajstić information content (AvgIpc) is 3.15. The number of hydrogen-bond donors (Lipinski definition) is 5. The minimum absolute atomic E-state index is 0.0561. The summed E-state index contributed by atoms with van der Waals surface area (Å²) in [7, 11) is 0. The largest absolute Gasteiger partial charge is 0.490 e. The van der Waals surface area contributed by atoms with Crippen LogP contribution < -0.4 is 16.4 Å². The van der Waals surface area contributed by atoms with E-state index in [2.05, 4.69) is 10.6 Å². The summed E-state index contributed by atoms with van der Waals surface area (Å²) >= 11 is 5.85. The molecule has 0 unspecified atom stereocenters. The molecule has 1 aliphatic rings. The lowest BCUT2D eigenvalue weighted by molar-refractivity contribution is -0.193. The summed E-state index contributed by atoms with van der Waals surface area (Å²) in [5, 5.41) is 20.6. The molecule has 0 saturated carbocycles. The number of nitrogens with one attached hydrogen (secondary N) is 2. The van der Waals surface area contributed by atoms with Crippen molar-refractivity contribution in [3.8, 4) is 0 Å². The molecule has 6 N–H and O–H groups in total. The molecule has 2 amide bonds. The molecule has 10 nitrogen and oxygen atoms in total. The molecule has 1 heterocycles. The molecule has 216 valence electrons. The Morgan fingerprint density at radius 3 is 1.89 bits per heavy atom. The monoisotopic (exact) mass is 580 g/mol. The van der Waals surface area contributed by atoms with Gasteiger partial charge in [0, 0.05) is 30.7 Å². The van der Waals surface area contributed by atoms with Crippen LogP contribution in [0.15, 0.2) is 24.3 Å². The van der Waals surface area contributed by atoms with E-state index in [-0.39, 0.29) is 30.4 Å². The van der Waals surface area contributed by atoms with E-state index < -0.39 is 24.3 Å². The summed E-state index contributed by atoms with van der Waals surface area (Å²) in [5.41, 5.74) is 7.06. The standard InChI is InChI=1S/C17H25ClN4O2.2C2HF3O2/c1-2-20-17(24)15-9-14(19)10-22(15)11-16(23)21-8-7-12-3-5-13(18)6-4-12;2*3-2(4,5)1(6)7/h3-6,14-15H,2,7-11,19H2,1H3,(H,20,24)(H,21,23);2*(H,6,7)/t14-,15-;;/m0../s1. The third-order valence-corrected chi connectivity index (χ3v) is 4.82. The van der Waals surface area contributed by atoms with Crippen molar-refractivity contribution in [1.29, 1.82) is 0 Å². The highest BCUT2D eigenvalue weighted by molar-refractivity contribution is 6.30. The maximum atomic E-state index is 12.1. The normalized spacial score (nSPS) is 17.3. The third-order valence-electron chi connectivity index (χ3n) is 4.57. The van der Waals surface area contributed by atoms with Crippen molar-refractivity contribution in [3.63, 3.8) is 0 Å². The van der Waals surface area contributed by atoms with Crippen molar-refractivity contribution in [1.82, 2.24) is 15.5 Å². The quantitative estimate of drug-likeness (QED) is 0.305. The lowest BCUT2D eigenvalue weighted by atomic mass is 10.1. The van der Waals surface area contributed by atoms with Gasteiger partial charge in [-0.1, -0.05) is 23.7 Å². The van der Waals surface area contributed by atoms with Crippen molar-refractivity contribution < 1.29 is 55.7 Å². The van der Waals surface area contributed by atoms with E-state index in [1.54, 1.807) is 0 Å². The molecule has 2 rings (SSSR count). The van der Waals surface area contributed by atoms with Gasteiger partial charge in [-0.3, -0.25) is 14.5 Å². The number of benzene rings is 1. The molecular formula is C21H27ClF6N4O6. The number of nitrogens with zero attached hydrogens (tertiary/aromatic N) is 1. The first-order chi connectivity index (χ1) is 17.4. The zero-order valence-electron chi connectivity index (χ0n) is 19.9. The lowest BCUT2D eigenvalue weighted by Gasteiger charge is -2.22. The molecule has 0 spiro atoms. The van der Waals surface area contributed by atoms with Crippen molar-refractivity contribution in [2.24, 2.45) is 5.73 Å². The molecule has 2 atom stereocenters. The Kier molecular flexibility index (Phi) is 14.7. The highest BCUT2D eigenvalue weighted by atomic mass is 35.5. The van der Waals surface area contributed by atoms with Crippen LogP contribution in [-0.2, 0) is 25.6 Å². The van der Waals surface area contributed by atoms with Gasteiger partial charge < -0.3 is 26.6 Å². The fourth-order valence-corrected chi connectivity index (χ4v) is 3.04. The molecule has 0 aromatic heterocycles. The molecule has 17 heteroatoms. The number of aliphatic carboxylic acids is 2. The SMILES string of the molecule is CCNC(=O)[C@@H]1C[C@H](N)CN1CC(=O)NCCc1ccc(Cl)cc1.O=C(O)C(F)(F)F.O=C(O)C(F)(F)F. The van der Waals surface area contributed by atoms with Crippen LogP contribution in [0.4, 0.5) is 26.3 Å². The zero-order valence-corrected chi connectivity index (χ0v) is 20.7. The molecule has 1 aromatic rings. The average molecular weight is 581 g/mol. The summed E-state index contributed by atoms with van der Waals surface area (Å²) in [6.45, 7) is 3.75. The number of likely N-dealkylation sites (tertiary alicyclic amines) is 1. The molecule has 1 saturated heterocycles. The van der Waals surface area contributed by atoms with Gasteiger partial charge >= 0.3 is 24.3 Å². The van der Waals surface area contributed by atoms with E-state index in [1.807, 2.05) is 36.1 Å². The zero-order chi connectivity index (χ0) is 29.7. The highest BCUT2D eigenvalue weighted by Gasteiger charge is 2.39. The van der Waals surface area contributed by atoms with Gasteiger partial charge in [-0.05, 0) is 37.5 Å². The molecule has 1 aromatic carbocycles. The Labute approximate surface area is 218 Å². The number of carboxylic acid groups (broad SMARTS) is 2. The van der Waals surface area contributed by atoms with Crippen LogP contribution in [0.3, 0.4) is 0 Å². The second kappa shape index (κ2) is 16.0. The van der Waals surface area contributed by atoms with Crippen LogP contribution in [0.25, 0.3) is 0 Å². The van der Waals surface area contributed by atoms with E-state index in [0.717, 1.165) is 12.0 Å². The minimum atomic E-state index is -5.08. The maximum absolute atomic E-state index is 12.1. The summed E-state index contributed by atoms with van der Waals surface area (Å²) in [5.74, 6) is -5.66. The van der Waals surface area contributed by atoms with Crippen molar-refractivity contribution in [3.05, 3.63) is 34.9 Å². The smallest absolute Gasteiger partial charge is 0.475 e. The van der Waals surface area contributed by atoms with Crippen LogP contribution in [0, 0.1) is 0 Å². The molecule has 0 radical (unpaired) electrons. The van der Waals surface area contributed by atoms with Crippen LogP contribution in [0.5, 0.6) is 0 Å². The highest BCUT2D eigenvalue weighted by Crippen LogP contribution is 2.16. The number of alkyl halides is 6. The maximum Gasteiger partial charge on any atom is 0.490 e. The number of carboxylic acids is 2. The fourth-order valence-electron chi connectivity index (χ4n) is 2.92. The van der Waals surface area contributed by atoms with Gasteiger partial charge in [-0.15, -0.1) is 0 Å². The molecule has 0 aliphatic carbocycles. The third kappa shape index (κ3) is 14.6. The van der Waals surface area contributed by atoms with Crippen LogP contribution in [-0.4, -0.2) is 89.5 Å². The fraction of sp³-hybridized carbons (Fsp3) is 0.524. The molecular weight excluding hydrogens is 554 g/mol. The van der Waals surface area contributed by atoms with Gasteiger partial charge in [-0.25, -0.2) is 9.59 Å². The molecule has 0 bridgehead atoms. The Morgan fingerprint density at radius 2 is 1.47 bits per heavy atom. The van der Waals surface area contributed by atoms with Gasteiger partial charge in [0.1, 0.15) is 0 Å². The lowest BCUT2D eigenvalue weighted by Crippen LogP contribution is -2.47. The predicted octanol–water partition coefficient (Wildman–Crippen LogP) is 1.80. The molecule has 1 aliphatic heterocycles. The number of carbonyl (C=O) groups excluding carboxylic acids is 2. The van der Waals surface area contributed by atoms with E-state index in [4.69, 9.17) is 37.1 Å². The Morgan fingerprint density at radius 1 is 1.00 bits per heavy atom. The van der Waals surface area contributed by atoms with Gasteiger partial charge in [0.2, 0.25) is 11.8 Å². The second-order valence-electron chi connectivity index (χ2n) is 7.67. The summed E-state index contributed by atoms with van der Waals surface area (Å²) in [6, 6.07) is 7.17. The number of rotatable bonds is 7. The van der Waals surface area contributed by atoms with Gasteiger partial charge in [0.05, 0.1) is 12.6 Å². The summed E-state index contributed by atoms with van der Waals surface area (Å²) in [6.07, 6.45) is -8.84. The minimum Gasteiger partial charge on any atom is -0.475 e. The predicted molar refractivity (Wildman–Crippen MR) is 122 cm³/mol. The van der Waals surface area contributed by atoms with Crippen molar-refractivity contribution >= 4 is 35.4 Å². The van der Waals surface area contributed by atoms with Crippen LogP contribution in [0.2, 0.25) is 5.02 Å². The van der Waals surface area contributed by atoms with E-state index >= 15 is 0 Å². The first-order valence-corrected chi connectivity index (χ1v) is 11.1. The van der Waals surface area contributed by atoms with Gasteiger partial charge in [0.15, 0.2) is 0 Å². The van der Waals surface area contributed by atoms with E-state index in [0.29, 0.717) is 31.1 Å². The summed E-state index contributed by atoms with van der Waals surface area (Å²) in [4.78, 5) is 43.8. The van der Waals surface area contributed by atoms with Crippen molar-refractivity contribution in [2.75, 3.05) is 26.2 Å². The topological polar surface area (TPSA) is 162 Å². The summed E-state index contributed by atoms with van der Waals surface area (Å²) < 4.78 is 63.5. The number of carbonyl (C=O) groups is 4. The Hall–Kier alpha value is -3.11. The number of halogens is 7. The molecule has 38 heavy (non-hydrogen) atoms.